The van der Waals surface area contributed by atoms with E-state index in [1.54, 1.807) is 12.1 Å². The maximum atomic E-state index is 11.2. The van der Waals surface area contributed by atoms with E-state index in [1.807, 2.05) is 17.9 Å². The molecule has 0 radical (unpaired) electrons. The van der Waals surface area contributed by atoms with Gasteiger partial charge in [-0.2, -0.15) is 0 Å². The van der Waals surface area contributed by atoms with Gasteiger partial charge in [-0.3, -0.25) is 10.1 Å². The van der Waals surface area contributed by atoms with Gasteiger partial charge in [-0.15, -0.1) is 0 Å². The van der Waals surface area contributed by atoms with Gasteiger partial charge in [0.1, 0.15) is 5.69 Å². The van der Waals surface area contributed by atoms with Crippen LogP contribution in [0.15, 0.2) is 18.2 Å². The highest BCUT2D eigenvalue weighted by atomic mass is 16.6. The van der Waals surface area contributed by atoms with Crippen molar-refractivity contribution in [1.82, 2.24) is 0 Å². The molecule has 0 amide bonds. The minimum atomic E-state index is -0.333. The molecule has 110 valence electrons. The molecule has 1 atom stereocenters. The number of para-hydroxylation sites is 1. The molecule has 0 aromatic heterocycles. The number of nitro groups is 1. The van der Waals surface area contributed by atoms with Crippen molar-refractivity contribution in [3.05, 3.63) is 33.9 Å². The standard InChI is InChI=1S/C14H20N2O4/c1-11-4-2-6-13(16(18)19)14(11)15-7-3-5-12(10-15)20-9-8-17/h2,4,6,12,17H,3,5,7-10H2,1H3. The highest BCUT2D eigenvalue weighted by molar-refractivity contribution is 5.67. The van der Waals surface area contributed by atoms with E-state index >= 15 is 0 Å². The number of nitro benzene ring substituents is 1. The molecule has 6 nitrogen and oxygen atoms in total. The van der Waals surface area contributed by atoms with Crippen molar-refractivity contribution in [2.24, 2.45) is 0 Å². The summed E-state index contributed by atoms with van der Waals surface area (Å²) < 4.78 is 5.56. The van der Waals surface area contributed by atoms with E-state index in [2.05, 4.69) is 0 Å². The highest BCUT2D eigenvalue weighted by Gasteiger charge is 2.27. The zero-order valence-corrected chi connectivity index (χ0v) is 11.6. The molecule has 20 heavy (non-hydrogen) atoms. The van der Waals surface area contributed by atoms with E-state index in [1.165, 1.54) is 0 Å². The maximum Gasteiger partial charge on any atom is 0.292 e. The maximum absolute atomic E-state index is 11.2. The lowest BCUT2D eigenvalue weighted by Crippen LogP contribution is -2.40. The molecular weight excluding hydrogens is 260 g/mol. The Morgan fingerprint density at radius 1 is 1.55 bits per heavy atom. The Hall–Kier alpha value is -1.66. The number of nitrogens with zero attached hydrogens (tertiary/aromatic N) is 2. The van der Waals surface area contributed by atoms with Crippen LogP contribution in [0.5, 0.6) is 0 Å². The normalized spacial score (nSPS) is 19.1. The molecule has 1 aliphatic heterocycles. The molecule has 0 saturated carbocycles. The number of hydrogen-bond acceptors (Lipinski definition) is 5. The summed E-state index contributed by atoms with van der Waals surface area (Å²) in [5, 5.41) is 20.0. The molecule has 1 aromatic rings. The van der Waals surface area contributed by atoms with Crippen LogP contribution in [0.2, 0.25) is 0 Å². The molecule has 1 N–H and O–H groups in total. The SMILES string of the molecule is Cc1cccc([N+](=O)[O-])c1N1CCCC(OCCO)C1. The third kappa shape index (κ3) is 3.26. The Morgan fingerprint density at radius 2 is 2.35 bits per heavy atom. The van der Waals surface area contributed by atoms with E-state index in [9.17, 15) is 10.1 Å². The van der Waals surface area contributed by atoms with Gasteiger partial charge in [0.25, 0.3) is 5.69 Å². The zero-order chi connectivity index (χ0) is 14.5. The van der Waals surface area contributed by atoms with Crippen LogP contribution < -0.4 is 4.90 Å². The molecule has 0 spiro atoms. The van der Waals surface area contributed by atoms with Crippen molar-refractivity contribution in [3.63, 3.8) is 0 Å². The third-order valence-corrected chi connectivity index (χ3v) is 3.55. The monoisotopic (exact) mass is 280 g/mol. The average Bonchev–Trinajstić information content (AvgIpc) is 2.45. The van der Waals surface area contributed by atoms with Gasteiger partial charge in [0.15, 0.2) is 0 Å². The lowest BCUT2D eigenvalue weighted by Gasteiger charge is -2.34. The second-order valence-corrected chi connectivity index (χ2v) is 5.00. The first-order chi connectivity index (χ1) is 9.63. The van der Waals surface area contributed by atoms with Crippen molar-refractivity contribution < 1.29 is 14.8 Å². The van der Waals surface area contributed by atoms with Crippen LogP contribution in [-0.4, -0.2) is 42.4 Å². The molecule has 1 fully saturated rings. The van der Waals surface area contributed by atoms with Crippen LogP contribution in [0, 0.1) is 17.0 Å². The largest absolute Gasteiger partial charge is 0.394 e. The quantitative estimate of drug-likeness (QED) is 0.658. The summed E-state index contributed by atoms with van der Waals surface area (Å²) in [7, 11) is 0. The first-order valence-corrected chi connectivity index (χ1v) is 6.85. The van der Waals surface area contributed by atoms with Crippen LogP contribution in [0.3, 0.4) is 0 Å². The molecule has 1 unspecified atom stereocenters. The number of aryl methyl sites for hydroxylation is 1. The number of piperidine rings is 1. The fraction of sp³-hybridized carbons (Fsp3) is 0.571. The minimum Gasteiger partial charge on any atom is -0.394 e. The third-order valence-electron chi connectivity index (χ3n) is 3.55. The predicted octanol–water partition coefficient (Wildman–Crippen LogP) is 1.88. The summed E-state index contributed by atoms with van der Waals surface area (Å²) in [6.07, 6.45) is 1.88. The molecule has 1 aliphatic rings. The van der Waals surface area contributed by atoms with Gasteiger partial charge in [-0.05, 0) is 25.3 Å². The Kier molecular flexibility index (Phi) is 4.92. The Labute approximate surface area is 118 Å². The number of ether oxygens (including phenoxy) is 1. The van der Waals surface area contributed by atoms with Crippen LogP contribution in [0.4, 0.5) is 11.4 Å². The Balaban J connectivity index is 2.20. The van der Waals surface area contributed by atoms with E-state index in [0.717, 1.165) is 24.9 Å². The van der Waals surface area contributed by atoms with Crippen LogP contribution in [-0.2, 0) is 4.74 Å². The lowest BCUT2D eigenvalue weighted by atomic mass is 10.0. The number of benzene rings is 1. The lowest BCUT2D eigenvalue weighted by molar-refractivity contribution is -0.384. The minimum absolute atomic E-state index is 0.00100. The Morgan fingerprint density at radius 3 is 3.05 bits per heavy atom. The first kappa shape index (κ1) is 14.7. The molecule has 0 aliphatic carbocycles. The van der Waals surface area contributed by atoms with E-state index in [4.69, 9.17) is 9.84 Å². The van der Waals surface area contributed by atoms with E-state index < -0.39 is 0 Å². The molecule has 0 bridgehead atoms. The smallest absolute Gasteiger partial charge is 0.292 e. The van der Waals surface area contributed by atoms with E-state index in [-0.39, 0.29) is 23.3 Å². The summed E-state index contributed by atoms with van der Waals surface area (Å²) in [4.78, 5) is 12.9. The second kappa shape index (κ2) is 6.67. The first-order valence-electron chi connectivity index (χ1n) is 6.85. The van der Waals surface area contributed by atoms with Gasteiger partial charge in [0, 0.05) is 19.2 Å². The summed E-state index contributed by atoms with van der Waals surface area (Å²) in [6, 6.07) is 5.14. The van der Waals surface area contributed by atoms with Crippen LogP contribution in [0.25, 0.3) is 0 Å². The molecule has 1 aromatic carbocycles. The predicted molar refractivity (Wildman–Crippen MR) is 76.1 cm³/mol. The molecule has 1 saturated heterocycles. The van der Waals surface area contributed by atoms with Gasteiger partial charge >= 0.3 is 0 Å². The van der Waals surface area contributed by atoms with Gasteiger partial charge in [0.05, 0.1) is 24.2 Å². The average molecular weight is 280 g/mol. The summed E-state index contributed by atoms with van der Waals surface area (Å²) in [5.41, 5.74) is 1.74. The van der Waals surface area contributed by atoms with Gasteiger partial charge in [-0.25, -0.2) is 0 Å². The van der Waals surface area contributed by atoms with Crippen LogP contribution >= 0.6 is 0 Å². The van der Waals surface area contributed by atoms with Gasteiger partial charge < -0.3 is 14.7 Å². The van der Waals surface area contributed by atoms with Crippen molar-refractivity contribution in [3.8, 4) is 0 Å². The number of rotatable bonds is 5. The van der Waals surface area contributed by atoms with Crippen molar-refractivity contribution in [1.29, 1.82) is 0 Å². The molecule has 2 rings (SSSR count). The summed E-state index contributed by atoms with van der Waals surface area (Å²) in [6.45, 7) is 3.63. The van der Waals surface area contributed by atoms with Crippen LogP contribution in [0.1, 0.15) is 18.4 Å². The molecule has 1 heterocycles. The van der Waals surface area contributed by atoms with E-state index in [0.29, 0.717) is 18.8 Å². The van der Waals surface area contributed by atoms with Gasteiger partial charge in [0.2, 0.25) is 0 Å². The molecular formula is C14H20N2O4. The van der Waals surface area contributed by atoms with Crippen molar-refractivity contribution in [2.45, 2.75) is 25.9 Å². The fourth-order valence-electron chi connectivity index (χ4n) is 2.70. The van der Waals surface area contributed by atoms with Crippen molar-refractivity contribution >= 4 is 11.4 Å². The topological polar surface area (TPSA) is 75.8 Å². The second-order valence-electron chi connectivity index (χ2n) is 5.00. The zero-order valence-electron chi connectivity index (χ0n) is 11.6. The number of aliphatic hydroxyl groups is 1. The summed E-state index contributed by atoms with van der Waals surface area (Å²) in [5.74, 6) is 0. The highest BCUT2D eigenvalue weighted by Crippen LogP contribution is 2.33. The number of hydrogen-bond donors (Lipinski definition) is 1. The molecule has 6 heteroatoms. The van der Waals surface area contributed by atoms with Gasteiger partial charge in [-0.1, -0.05) is 12.1 Å². The number of anilines is 1. The fourth-order valence-corrected chi connectivity index (χ4v) is 2.70. The summed E-state index contributed by atoms with van der Waals surface area (Å²) >= 11 is 0. The Bertz CT molecular complexity index is 478. The number of aliphatic hydroxyl groups excluding tert-OH is 1. The van der Waals surface area contributed by atoms with Crippen molar-refractivity contribution in [2.75, 3.05) is 31.2 Å².